The Bertz CT molecular complexity index is 666. The van der Waals surface area contributed by atoms with Crippen LogP contribution < -0.4 is 5.43 Å². The molecule has 3 rings (SSSR count). The first-order chi connectivity index (χ1) is 10.1. The summed E-state index contributed by atoms with van der Waals surface area (Å²) < 4.78 is 0. The molecule has 0 spiro atoms. The molecule has 0 saturated carbocycles. The van der Waals surface area contributed by atoms with Crippen LogP contribution in [0.25, 0.3) is 10.8 Å². The minimum Gasteiger partial charge on any atom is -0.477 e. The van der Waals surface area contributed by atoms with Crippen LogP contribution >= 0.6 is 0 Å². The van der Waals surface area contributed by atoms with Crippen LogP contribution in [-0.4, -0.2) is 59.2 Å². The first-order valence-electron chi connectivity index (χ1n) is 6.97. The number of likely N-dealkylation sites (N-methyl/N-ethyl adjacent to an activating group) is 1. The van der Waals surface area contributed by atoms with Gasteiger partial charge in [0.1, 0.15) is 5.82 Å². The van der Waals surface area contributed by atoms with E-state index in [-0.39, 0.29) is 5.69 Å². The topological polar surface area (TPSA) is 68.7 Å². The van der Waals surface area contributed by atoms with Gasteiger partial charge in [-0.2, -0.15) is 0 Å². The molecule has 1 aliphatic rings. The van der Waals surface area contributed by atoms with Crippen molar-refractivity contribution < 1.29 is 9.90 Å². The molecule has 1 aromatic heterocycles. The van der Waals surface area contributed by atoms with Crippen LogP contribution in [0.3, 0.4) is 0 Å². The summed E-state index contributed by atoms with van der Waals surface area (Å²) >= 11 is 0. The van der Waals surface area contributed by atoms with Gasteiger partial charge in [0.05, 0.1) is 0 Å². The molecule has 0 amide bonds. The quantitative estimate of drug-likeness (QED) is 0.891. The Morgan fingerprint density at radius 1 is 1.24 bits per heavy atom. The maximum Gasteiger partial charge on any atom is 0.354 e. The highest BCUT2D eigenvalue weighted by atomic mass is 16.4. The van der Waals surface area contributed by atoms with Crippen molar-refractivity contribution in [3.05, 3.63) is 36.0 Å². The molecule has 0 aliphatic carbocycles. The molecule has 0 bridgehead atoms. The minimum absolute atomic E-state index is 0.0605. The second-order valence-corrected chi connectivity index (χ2v) is 5.28. The Morgan fingerprint density at radius 2 is 1.95 bits per heavy atom. The van der Waals surface area contributed by atoms with Gasteiger partial charge in [0.2, 0.25) is 0 Å². The lowest BCUT2D eigenvalue weighted by Crippen LogP contribution is -2.47. The molecular weight excluding hydrogens is 268 g/mol. The Balaban J connectivity index is 1.94. The van der Waals surface area contributed by atoms with E-state index in [1.54, 1.807) is 6.07 Å². The van der Waals surface area contributed by atoms with Crippen LogP contribution in [0.5, 0.6) is 0 Å². The van der Waals surface area contributed by atoms with E-state index in [0.29, 0.717) is 5.82 Å². The highest BCUT2D eigenvalue weighted by Crippen LogP contribution is 2.23. The van der Waals surface area contributed by atoms with Crippen molar-refractivity contribution in [1.29, 1.82) is 0 Å². The van der Waals surface area contributed by atoms with E-state index in [1.807, 2.05) is 24.3 Å². The number of hydrogen-bond acceptors (Lipinski definition) is 5. The van der Waals surface area contributed by atoms with E-state index in [9.17, 15) is 9.90 Å². The van der Waals surface area contributed by atoms with Gasteiger partial charge in [-0.15, -0.1) is 0 Å². The number of pyridine rings is 1. The fourth-order valence-electron chi connectivity index (χ4n) is 2.46. The number of nitrogens with zero attached hydrogens (tertiary/aromatic N) is 3. The minimum atomic E-state index is -1.01. The summed E-state index contributed by atoms with van der Waals surface area (Å²) in [6, 6.07) is 9.28. The molecule has 2 heterocycles. The number of carboxylic acids is 1. The number of anilines is 1. The van der Waals surface area contributed by atoms with Crippen molar-refractivity contribution in [1.82, 2.24) is 14.9 Å². The van der Waals surface area contributed by atoms with Gasteiger partial charge < -0.3 is 15.4 Å². The van der Waals surface area contributed by atoms with Gasteiger partial charge in [0.25, 0.3) is 0 Å². The summed E-state index contributed by atoms with van der Waals surface area (Å²) in [7, 11) is 2.09. The first-order valence-corrected chi connectivity index (χ1v) is 6.97. The van der Waals surface area contributed by atoms with Crippen molar-refractivity contribution in [2.75, 3.05) is 38.7 Å². The number of rotatable bonds is 3. The van der Waals surface area contributed by atoms with Crippen LogP contribution in [0, 0.1) is 0 Å². The molecule has 6 nitrogen and oxygen atoms in total. The summed E-state index contributed by atoms with van der Waals surface area (Å²) in [5, 5.41) is 13.1. The fourth-order valence-corrected chi connectivity index (χ4v) is 2.46. The Morgan fingerprint density at radius 3 is 2.67 bits per heavy atom. The zero-order valence-corrected chi connectivity index (χ0v) is 11.9. The Kier molecular flexibility index (Phi) is 3.72. The van der Waals surface area contributed by atoms with Crippen LogP contribution in [-0.2, 0) is 0 Å². The van der Waals surface area contributed by atoms with Crippen LogP contribution in [0.2, 0.25) is 0 Å². The van der Waals surface area contributed by atoms with Crippen LogP contribution in [0.1, 0.15) is 10.5 Å². The maximum atomic E-state index is 11.2. The van der Waals surface area contributed by atoms with Crippen molar-refractivity contribution >= 4 is 22.6 Å². The van der Waals surface area contributed by atoms with E-state index in [0.717, 1.165) is 37.0 Å². The predicted molar refractivity (Wildman–Crippen MR) is 81.4 cm³/mol. The molecule has 2 aromatic rings. The number of carboxylic acid groups (broad SMARTS) is 1. The second kappa shape index (κ2) is 5.67. The largest absolute Gasteiger partial charge is 0.477 e. The Hall–Kier alpha value is -2.18. The third kappa shape index (κ3) is 2.96. The van der Waals surface area contributed by atoms with Crippen molar-refractivity contribution in [3.63, 3.8) is 0 Å². The molecule has 1 fully saturated rings. The maximum absolute atomic E-state index is 11.2. The number of fused-ring (bicyclic) bond motifs is 1. The van der Waals surface area contributed by atoms with Crippen LogP contribution in [0.15, 0.2) is 30.3 Å². The third-order valence-electron chi connectivity index (χ3n) is 3.73. The number of hydrogen-bond donors (Lipinski definition) is 2. The number of hydrazine groups is 1. The molecular formula is C15H18N4O2. The van der Waals surface area contributed by atoms with Gasteiger partial charge in [0.15, 0.2) is 5.69 Å². The molecule has 6 heteroatoms. The molecule has 1 aliphatic heterocycles. The number of benzene rings is 1. The number of aromatic carboxylic acids is 1. The zero-order valence-electron chi connectivity index (χ0n) is 11.9. The first kappa shape index (κ1) is 13.8. The second-order valence-electron chi connectivity index (χ2n) is 5.28. The fraction of sp³-hybridized carbons (Fsp3) is 0.333. The average Bonchev–Trinajstić information content (AvgIpc) is 2.49. The molecule has 110 valence electrons. The standard InChI is InChI=1S/C15H18N4O2/c1-18-6-8-19(9-7-18)17-14-12-5-3-2-4-11(12)10-13(16-14)15(20)21/h2-5,10H,6-9H2,1H3,(H,16,17)(H,20,21). The predicted octanol–water partition coefficient (Wildman–Crippen LogP) is 1.51. The van der Waals surface area contributed by atoms with Gasteiger partial charge >= 0.3 is 5.97 Å². The van der Waals surface area contributed by atoms with E-state index >= 15 is 0 Å². The van der Waals surface area contributed by atoms with Gasteiger partial charge in [0, 0.05) is 31.6 Å². The number of nitrogens with one attached hydrogen (secondary N) is 1. The van der Waals surface area contributed by atoms with E-state index < -0.39 is 5.97 Å². The molecule has 1 saturated heterocycles. The van der Waals surface area contributed by atoms with Gasteiger partial charge in [-0.1, -0.05) is 24.3 Å². The van der Waals surface area contributed by atoms with E-state index in [4.69, 9.17) is 0 Å². The van der Waals surface area contributed by atoms with E-state index in [1.165, 1.54) is 0 Å². The highest BCUT2D eigenvalue weighted by Gasteiger charge is 2.16. The third-order valence-corrected chi connectivity index (χ3v) is 3.73. The summed E-state index contributed by atoms with van der Waals surface area (Å²) in [6.45, 7) is 3.71. The number of aromatic nitrogens is 1. The normalized spacial score (nSPS) is 17.0. The number of carbonyl (C=O) groups is 1. The summed E-state index contributed by atoms with van der Waals surface area (Å²) in [6.07, 6.45) is 0. The van der Waals surface area contributed by atoms with Gasteiger partial charge in [-0.05, 0) is 18.5 Å². The van der Waals surface area contributed by atoms with Crippen LogP contribution in [0.4, 0.5) is 5.82 Å². The zero-order chi connectivity index (χ0) is 14.8. The summed E-state index contributed by atoms with van der Waals surface area (Å²) in [5.41, 5.74) is 3.33. The van der Waals surface area contributed by atoms with Crippen molar-refractivity contribution in [2.24, 2.45) is 0 Å². The summed E-state index contributed by atoms with van der Waals surface area (Å²) in [5.74, 6) is -0.405. The Labute approximate surface area is 123 Å². The molecule has 2 N–H and O–H groups in total. The SMILES string of the molecule is CN1CCN(Nc2nc(C(=O)O)cc3ccccc23)CC1. The molecule has 0 unspecified atom stereocenters. The lowest BCUT2D eigenvalue weighted by Gasteiger charge is -2.33. The molecule has 21 heavy (non-hydrogen) atoms. The molecule has 1 aromatic carbocycles. The number of piperazine rings is 1. The van der Waals surface area contributed by atoms with Crippen molar-refractivity contribution in [3.8, 4) is 0 Å². The lowest BCUT2D eigenvalue weighted by molar-refractivity contribution is 0.0690. The van der Waals surface area contributed by atoms with Gasteiger partial charge in [-0.25, -0.2) is 14.8 Å². The monoisotopic (exact) mass is 286 g/mol. The smallest absolute Gasteiger partial charge is 0.354 e. The molecule has 0 radical (unpaired) electrons. The average molecular weight is 286 g/mol. The lowest BCUT2D eigenvalue weighted by atomic mass is 10.1. The van der Waals surface area contributed by atoms with Gasteiger partial charge in [-0.3, -0.25) is 0 Å². The van der Waals surface area contributed by atoms with E-state index in [2.05, 4.69) is 27.4 Å². The highest BCUT2D eigenvalue weighted by molar-refractivity contribution is 5.97. The van der Waals surface area contributed by atoms with Crippen molar-refractivity contribution in [2.45, 2.75) is 0 Å². The summed E-state index contributed by atoms with van der Waals surface area (Å²) in [4.78, 5) is 17.7. The molecule has 0 atom stereocenters.